The minimum absolute atomic E-state index is 0.293. The van der Waals surface area contributed by atoms with Crippen molar-refractivity contribution >= 4 is 11.6 Å². The van der Waals surface area contributed by atoms with E-state index in [2.05, 4.69) is 0 Å². The van der Waals surface area contributed by atoms with Crippen LogP contribution < -0.4 is 10.5 Å². The third-order valence-corrected chi connectivity index (χ3v) is 3.15. The van der Waals surface area contributed by atoms with E-state index >= 15 is 0 Å². The van der Waals surface area contributed by atoms with Crippen LogP contribution in [-0.4, -0.2) is 0 Å². The molecule has 100 valence electrons. The van der Waals surface area contributed by atoms with Crippen molar-refractivity contribution in [1.82, 2.24) is 0 Å². The van der Waals surface area contributed by atoms with Crippen LogP contribution in [0.5, 0.6) is 11.5 Å². The Morgan fingerprint density at radius 2 is 1.89 bits per heavy atom. The summed E-state index contributed by atoms with van der Waals surface area (Å²) in [7, 11) is 0. The van der Waals surface area contributed by atoms with Gasteiger partial charge in [-0.15, -0.1) is 0 Å². The zero-order valence-corrected chi connectivity index (χ0v) is 11.5. The quantitative estimate of drug-likeness (QED) is 0.891. The second-order valence-corrected chi connectivity index (χ2v) is 4.87. The third kappa shape index (κ3) is 3.06. The van der Waals surface area contributed by atoms with Gasteiger partial charge in [-0.05, 0) is 43.7 Å². The molecule has 0 aliphatic rings. The lowest BCUT2D eigenvalue weighted by Crippen LogP contribution is -2.08. The predicted octanol–water partition coefficient (Wildman–Crippen LogP) is 4.60. The minimum atomic E-state index is -0.326. The van der Waals surface area contributed by atoms with Crippen molar-refractivity contribution in [2.24, 2.45) is 5.73 Å². The lowest BCUT2D eigenvalue weighted by Gasteiger charge is -2.15. The molecule has 2 nitrogen and oxygen atoms in total. The van der Waals surface area contributed by atoms with E-state index in [1.54, 1.807) is 32.0 Å². The van der Waals surface area contributed by atoms with Crippen LogP contribution in [0.1, 0.15) is 24.1 Å². The van der Waals surface area contributed by atoms with Crippen LogP contribution in [0.25, 0.3) is 0 Å². The average Bonchev–Trinajstić information content (AvgIpc) is 2.36. The first-order valence-electron chi connectivity index (χ1n) is 5.97. The molecule has 0 bridgehead atoms. The van der Waals surface area contributed by atoms with E-state index in [0.717, 1.165) is 0 Å². The van der Waals surface area contributed by atoms with Crippen molar-refractivity contribution in [3.63, 3.8) is 0 Å². The molecule has 2 N–H and O–H groups in total. The topological polar surface area (TPSA) is 35.2 Å². The van der Waals surface area contributed by atoms with Gasteiger partial charge in [0.05, 0.1) is 5.02 Å². The molecule has 0 fully saturated rings. The lowest BCUT2D eigenvalue weighted by molar-refractivity contribution is 0.468. The molecule has 0 heterocycles. The van der Waals surface area contributed by atoms with Crippen LogP contribution in [0.4, 0.5) is 4.39 Å². The lowest BCUT2D eigenvalue weighted by atomic mass is 10.1. The van der Waals surface area contributed by atoms with E-state index < -0.39 is 0 Å². The zero-order valence-electron chi connectivity index (χ0n) is 10.8. The molecule has 0 aliphatic heterocycles. The second kappa shape index (κ2) is 5.59. The summed E-state index contributed by atoms with van der Waals surface area (Å²) in [5, 5.41) is 0.500. The Morgan fingerprint density at radius 3 is 2.53 bits per heavy atom. The van der Waals surface area contributed by atoms with Crippen molar-refractivity contribution in [2.45, 2.75) is 19.9 Å². The van der Waals surface area contributed by atoms with Gasteiger partial charge in [0, 0.05) is 11.6 Å². The molecular formula is C15H15ClFNO. The highest BCUT2D eigenvalue weighted by molar-refractivity contribution is 6.32. The summed E-state index contributed by atoms with van der Waals surface area (Å²) in [4.78, 5) is 0. The van der Waals surface area contributed by atoms with Gasteiger partial charge in [-0.2, -0.15) is 0 Å². The van der Waals surface area contributed by atoms with Crippen LogP contribution in [0.3, 0.4) is 0 Å². The Hall–Kier alpha value is -1.58. The zero-order chi connectivity index (χ0) is 14.0. The van der Waals surface area contributed by atoms with Gasteiger partial charge < -0.3 is 10.5 Å². The average molecular weight is 280 g/mol. The summed E-state index contributed by atoms with van der Waals surface area (Å²) >= 11 is 6.05. The molecule has 1 atom stereocenters. The van der Waals surface area contributed by atoms with E-state index in [0.29, 0.717) is 27.6 Å². The monoisotopic (exact) mass is 279 g/mol. The number of para-hydroxylation sites is 1. The van der Waals surface area contributed by atoms with Crippen LogP contribution in [0, 0.1) is 12.7 Å². The molecule has 2 rings (SSSR count). The second-order valence-electron chi connectivity index (χ2n) is 4.46. The van der Waals surface area contributed by atoms with Gasteiger partial charge in [-0.25, -0.2) is 4.39 Å². The fourth-order valence-corrected chi connectivity index (χ4v) is 1.93. The number of ether oxygens (including phenoxy) is 1. The molecule has 0 saturated heterocycles. The molecule has 2 aromatic rings. The molecule has 0 saturated carbocycles. The van der Waals surface area contributed by atoms with E-state index in [1.807, 2.05) is 12.1 Å². The molecular weight excluding hydrogens is 265 g/mol. The Kier molecular flexibility index (Phi) is 4.08. The number of hydrogen-bond acceptors (Lipinski definition) is 2. The SMILES string of the molecule is Cc1cc(Oc2ccccc2Cl)c([C@H](C)N)cc1F. The summed E-state index contributed by atoms with van der Waals surface area (Å²) in [6.07, 6.45) is 0. The number of hydrogen-bond donors (Lipinski definition) is 1. The number of rotatable bonds is 3. The Labute approximate surface area is 117 Å². The Morgan fingerprint density at radius 1 is 1.21 bits per heavy atom. The summed E-state index contributed by atoms with van der Waals surface area (Å²) in [5.74, 6) is 0.762. The van der Waals surface area contributed by atoms with E-state index in [4.69, 9.17) is 22.1 Å². The van der Waals surface area contributed by atoms with Crippen molar-refractivity contribution in [3.05, 3.63) is 58.4 Å². The van der Waals surface area contributed by atoms with Crippen LogP contribution >= 0.6 is 11.6 Å². The van der Waals surface area contributed by atoms with Gasteiger partial charge in [-0.1, -0.05) is 23.7 Å². The standard InChI is InChI=1S/C15H15ClFNO/c1-9-7-15(11(10(2)18)8-13(9)17)19-14-6-4-3-5-12(14)16/h3-8,10H,18H2,1-2H3/t10-/m0/s1. The summed E-state index contributed by atoms with van der Waals surface area (Å²) in [6, 6.07) is 9.85. The fraction of sp³-hybridized carbons (Fsp3) is 0.200. The van der Waals surface area contributed by atoms with Gasteiger partial charge in [0.2, 0.25) is 0 Å². The molecule has 0 spiro atoms. The minimum Gasteiger partial charge on any atom is -0.455 e. The number of benzene rings is 2. The van der Waals surface area contributed by atoms with Crippen LogP contribution in [-0.2, 0) is 0 Å². The molecule has 0 aromatic heterocycles. The largest absolute Gasteiger partial charge is 0.455 e. The van der Waals surface area contributed by atoms with Crippen molar-refractivity contribution in [3.8, 4) is 11.5 Å². The summed E-state index contributed by atoms with van der Waals surface area (Å²) < 4.78 is 19.4. The highest BCUT2D eigenvalue weighted by Crippen LogP contribution is 2.34. The maximum Gasteiger partial charge on any atom is 0.146 e. The van der Waals surface area contributed by atoms with Crippen molar-refractivity contribution < 1.29 is 9.13 Å². The smallest absolute Gasteiger partial charge is 0.146 e. The van der Waals surface area contributed by atoms with Gasteiger partial charge in [0.1, 0.15) is 17.3 Å². The first-order chi connectivity index (χ1) is 8.99. The number of nitrogens with two attached hydrogens (primary N) is 1. The highest BCUT2D eigenvalue weighted by atomic mass is 35.5. The molecule has 0 aliphatic carbocycles. The maximum atomic E-state index is 13.6. The summed E-state index contributed by atoms with van der Waals surface area (Å²) in [6.45, 7) is 3.46. The molecule has 4 heteroatoms. The van der Waals surface area contributed by atoms with Crippen LogP contribution in [0.2, 0.25) is 5.02 Å². The Bertz CT molecular complexity index is 599. The first-order valence-corrected chi connectivity index (χ1v) is 6.35. The first kappa shape index (κ1) is 13.8. The van der Waals surface area contributed by atoms with Crippen molar-refractivity contribution in [2.75, 3.05) is 0 Å². The Balaban J connectivity index is 2.45. The van der Waals surface area contributed by atoms with Gasteiger partial charge in [-0.3, -0.25) is 0 Å². The van der Waals surface area contributed by atoms with Gasteiger partial charge in [0.25, 0.3) is 0 Å². The summed E-state index contributed by atoms with van der Waals surface area (Å²) in [5.41, 5.74) is 6.97. The maximum absolute atomic E-state index is 13.6. The molecule has 0 amide bonds. The van der Waals surface area contributed by atoms with E-state index in [-0.39, 0.29) is 11.9 Å². The molecule has 0 radical (unpaired) electrons. The molecule has 19 heavy (non-hydrogen) atoms. The molecule has 2 aromatic carbocycles. The number of halogens is 2. The van der Waals surface area contributed by atoms with Gasteiger partial charge >= 0.3 is 0 Å². The van der Waals surface area contributed by atoms with Gasteiger partial charge in [0.15, 0.2) is 0 Å². The van der Waals surface area contributed by atoms with E-state index in [9.17, 15) is 4.39 Å². The van der Waals surface area contributed by atoms with Crippen molar-refractivity contribution in [1.29, 1.82) is 0 Å². The van der Waals surface area contributed by atoms with E-state index in [1.165, 1.54) is 6.07 Å². The highest BCUT2D eigenvalue weighted by Gasteiger charge is 2.13. The third-order valence-electron chi connectivity index (χ3n) is 2.84. The number of aryl methyl sites for hydroxylation is 1. The predicted molar refractivity (Wildman–Crippen MR) is 75.3 cm³/mol. The normalized spacial score (nSPS) is 12.3. The van der Waals surface area contributed by atoms with Crippen LogP contribution in [0.15, 0.2) is 36.4 Å². The fourth-order valence-electron chi connectivity index (χ4n) is 1.76. The molecule has 0 unspecified atom stereocenters.